The lowest BCUT2D eigenvalue weighted by molar-refractivity contribution is -0.385. The van der Waals surface area contributed by atoms with Gasteiger partial charge in [-0.05, 0) is 36.8 Å². The maximum Gasteiger partial charge on any atom is 0.279 e. The van der Waals surface area contributed by atoms with Crippen molar-refractivity contribution < 1.29 is 19.2 Å². The highest BCUT2D eigenvalue weighted by Crippen LogP contribution is 2.48. The number of hydrogen-bond donors (Lipinski definition) is 0. The molecular formula is C17H13BrN2O5S. The lowest BCUT2D eigenvalue weighted by Gasteiger charge is -2.25. The van der Waals surface area contributed by atoms with E-state index >= 15 is 0 Å². The SMILES string of the molecule is Cc1cc(N2C(=O)CS[C@H]2c2cc3c(cc2[N+](=O)[O-])OCO3)ccc1Br. The number of anilines is 1. The Balaban J connectivity index is 1.82. The monoisotopic (exact) mass is 436 g/mol. The number of benzene rings is 2. The summed E-state index contributed by atoms with van der Waals surface area (Å²) in [5.41, 5.74) is 2.03. The van der Waals surface area contributed by atoms with Crippen molar-refractivity contribution in [3.8, 4) is 11.5 Å². The second-order valence-electron chi connectivity index (χ2n) is 5.88. The molecule has 1 amide bonds. The van der Waals surface area contributed by atoms with Gasteiger partial charge in [0.15, 0.2) is 11.5 Å². The number of hydrogen-bond acceptors (Lipinski definition) is 6. The summed E-state index contributed by atoms with van der Waals surface area (Å²) in [7, 11) is 0. The lowest BCUT2D eigenvalue weighted by Crippen LogP contribution is -2.28. The first-order chi connectivity index (χ1) is 12.5. The van der Waals surface area contributed by atoms with Crippen LogP contribution in [0.1, 0.15) is 16.5 Å². The van der Waals surface area contributed by atoms with Gasteiger partial charge in [0.2, 0.25) is 12.7 Å². The fourth-order valence-corrected chi connectivity index (χ4v) is 4.46. The zero-order valence-electron chi connectivity index (χ0n) is 13.6. The summed E-state index contributed by atoms with van der Waals surface area (Å²) in [5, 5.41) is 11.1. The van der Waals surface area contributed by atoms with Crippen molar-refractivity contribution >= 4 is 45.0 Å². The molecular weight excluding hydrogens is 424 g/mol. The summed E-state index contributed by atoms with van der Waals surface area (Å²) in [6.45, 7) is 1.96. The molecule has 0 aromatic heterocycles. The fourth-order valence-electron chi connectivity index (χ4n) is 3.01. The number of nitro benzene ring substituents is 1. The van der Waals surface area contributed by atoms with Crippen LogP contribution >= 0.6 is 27.7 Å². The number of carbonyl (C=O) groups excluding carboxylic acids is 1. The molecule has 9 heteroatoms. The van der Waals surface area contributed by atoms with Crippen LogP contribution in [-0.4, -0.2) is 23.4 Å². The van der Waals surface area contributed by atoms with Crippen molar-refractivity contribution in [3.05, 3.63) is 56.0 Å². The standard InChI is InChI=1S/C17H13BrN2O5S/c1-9-4-10(2-3-12(9)18)19-16(21)7-26-17(19)11-5-14-15(25-8-24-14)6-13(11)20(22)23/h2-6,17H,7-8H2,1H3/t17-/m0/s1. The average Bonchev–Trinajstić information content (AvgIpc) is 3.22. The molecule has 0 aliphatic carbocycles. The molecule has 0 radical (unpaired) electrons. The molecule has 26 heavy (non-hydrogen) atoms. The van der Waals surface area contributed by atoms with E-state index < -0.39 is 10.3 Å². The largest absolute Gasteiger partial charge is 0.454 e. The van der Waals surface area contributed by atoms with Crippen LogP contribution in [0, 0.1) is 17.0 Å². The zero-order chi connectivity index (χ0) is 18.4. The number of amides is 1. The van der Waals surface area contributed by atoms with Gasteiger partial charge in [0, 0.05) is 10.2 Å². The average molecular weight is 437 g/mol. The molecule has 2 aliphatic rings. The molecule has 4 rings (SSSR count). The van der Waals surface area contributed by atoms with Gasteiger partial charge in [0.1, 0.15) is 5.37 Å². The minimum atomic E-state index is -0.502. The van der Waals surface area contributed by atoms with Gasteiger partial charge in [0.25, 0.3) is 5.69 Å². The molecule has 1 saturated heterocycles. The Morgan fingerprint density at radius 2 is 2.00 bits per heavy atom. The van der Waals surface area contributed by atoms with E-state index in [1.54, 1.807) is 11.0 Å². The van der Waals surface area contributed by atoms with Crippen molar-refractivity contribution in [2.45, 2.75) is 12.3 Å². The van der Waals surface area contributed by atoms with Crippen LogP contribution in [0.5, 0.6) is 11.5 Å². The van der Waals surface area contributed by atoms with E-state index in [9.17, 15) is 14.9 Å². The highest BCUT2D eigenvalue weighted by Gasteiger charge is 2.39. The molecule has 2 aromatic rings. The first-order valence-electron chi connectivity index (χ1n) is 7.73. The predicted molar refractivity (Wildman–Crippen MR) is 101 cm³/mol. The summed E-state index contributed by atoms with van der Waals surface area (Å²) < 4.78 is 11.6. The van der Waals surface area contributed by atoms with E-state index in [0.29, 0.717) is 22.7 Å². The predicted octanol–water partition coefficient (Wildman–Crippen LogP) is 4.17. The Bertz CT molecular complexity index is 936. The van der Waals surface area contributed by atoms with Crippen LogP contribution in [0.4, 0.5) is 11.4 Å². The molecule has 134 valence electrons. The highest BCUT2D eigenvalue weighted by atomic mass is 79.9. The van der Waals surface area contributed by atoms with Crippen LogP contribution in [0.3, 0.4) is 0 Å². The number of nitrogens with zero attached hydrogens (tertiary/aromatic N) is 2. The molecule has 2 aromatic carbocycles. The molecule has 0 spiro atoms. The third kappa shape index (κ3) is 2.80. The normalized spacial score (nSPS) is 18.5. The summed E-state index contributed by atoms with van der Waals surface area (Å²) in [6, 6.07) is 8.56. The van der Waals surface area contributed by atoms with Gasteiger partial charge >= 0.3 is 0 Å². The lowest BCUT2D eigenvalue weighted by atomic mass is 10.1. The molecule has 2 aliphatic heterocycles. The second-order valence-corrected chi connectivity index (χ2v) is 7.80. The van der Waals surface area contributed by atoms with E-state index in [2.05, 4.69) is 15.9 Å². The minimum Gasteiger partial charge on any atom is -0.454 e. The Hall–Kier alpha value is -2.26. The Morgan fingerprint density at radius 1 is 1.27 bits per heavy atom. The number of nitro groups is 1. The van der Waals surface area contributed by atoms with Gasteiger partial charge in [-0.3, -0.25) is 19.8 Å². The maximum atomic E-state index is 12.5. The van der Waals surface area contributed by atoms with E-state index in [0.717, 1.165) is 10.0 Å². The number of halogens is 1. The molecule has 0 saturated carbocycles. The Morgan fingerprint density at radius 3 is 2.69 bits per heavy atom. The van der Waals surface area contributed by atoms with E-state index in [4.69, 9.17) is 9.47 Å². The topological polar surface area (TPSA) is 81.9 Å². The van der Waals surface area contributed by atoms with Crippen molar-refractivity contribution in [2.24, 2.45) is 0 Å². The van der Waals surface area contributed by atoms with Crippen molar-refractivity contribution in [1.29, 1.82) is 0 Å². The van der Waals surface area contributed by atoms with E-state index in [1.165, 1.54) is 17.8 Å². The van der Waals surface area contributed by atoms with Crippen molar-refractivity contribution in [1.82, 2.24) is 0 Å². The van der Waals surface area contributed by atoms with Gasteiger partial charge in [-0.1, -0.05) is 15.9 Å². The van der Waals surface area contributed by atoms with E-state index in [-0.39, 0.29) is 24.1 Å². The van der Waals surface area contributed by atoms with Gasteiger partial charge in [-0.25, -0.2) is 0 Å². The third-order valence-corrected chi connectivity index (χ3v) is 6.36. The molecule has 0 bridgehead atoms. The van der Waals surface area contributed by atoms with Crippen LogP contribution in [0.2, 0.25) is 0 Å². The quantitative estimate of drug-likeness (QED) is 0.530. The molecule has 0 unspecified atom stereocenters. The Labute approximate surface area is 161 Å². The minimum absolute atomic E-state index is 0.0301. The molecule has 0 N–H and O–H groups in total. The van der Waals surface area contributed by atoms with Crippen molar-refractivity contribution in [3.63, 3.8) is 0 Å². The first kappa shape index (κ1) is 17.2. The zero-order valence-corrected chi connectivity index (χ0v) is 16.0. The molecule has 1 fully saturated rings. The molecule has 2 heterocycles. The van der Waals surface area contributed by atoms with Gasteiger partial charge < -0.3 is 9.47 Å². The number of fused-ring (bicyclic) bond motifs is 1. The second kappa shape index (κ2) is 6.48. The number of rotatable bonds is 3. The van der Waals surface area contributed by atoms with Crippen LogP contribution < -0.4 is 14.4 Å². The number of carbonyl (C=O) groups is 1. The van der Waals surface area contributed by atoms with Crippen LogP contribution in [-0.2, 0) is 4.79 Å². The molecule has 7 nitrogen and oxygen atoms in total. The van der Waals surface area contributed by atoms with Crippen LogP contribution in [0.15, 0.2) is 34.8 Å². The van der Waals surface area contributed by atoms with Gasteiger partial charge in [-0.15, -0.1) is 11.8 Å². The Kier molecular flexibility index (Phi) is 4.28. The summed E-state index contributed by atoms with van der Waals surface area (Å²) in [4.78, 5) is 25.3. The number of ether oxygens (including phenoxy) is 2. The smallest absolute Gasteiger partial charge is 0.279 e. The number of aryl methyl sites for hydroxylation is 1. The highest BCUT2D eigenvalue weighted by molar-refractivity contribution is 9.10. The van der Waals surface area contributed by atoms with Gasteiger partial charge in [0.05, 0.1) is 22.3 Å². The summed E-state index contributed by atoms with van der Waals surface area (Å²) in [5.74, 6) is 0.970. The molecule has 1 atom stereocenters. The van der Waals surface area contributed by atoms with Crippen molar-refractivity contribution in [2.75, 3.05) is 17.4 Å². The maximum absolute atomic E-state index is 12.5. The third-order valence-electron chi connectivity index (χ3n) is 4.27. The fraction of sp³-hybridized carbons (Fsp3) is 0.235. The number of thioether (sulfide) groups is 1. The van der Waals surface area contributed by atoms with E-state index in [1.807, 2.05) is 25.1 Å². The summed E-state index contributed by atoms with van der Waals surface area (Å²) >= 11 is 4.81. The van der Waals surface area contributed by atoms with Crippen LogP contribution in [0.25, 0.3) is 0 Å². The summed E-state index contributed by atoms with van der Waals surface area (Å²) in [6.07, 6.45) is 0. The van der Waals surface area contributed by atoms with Gasteiger partial charge in [-0.2, -0.15) is 0 Å². The first-order valence-corrected chi connectivity index (χ1v) is 9.57.